The van der Waals surface area contributed by atoms with Crippen LogP contribution in [0.25, 0.3) is 0 Å². The third kappa shape index (κ3) is 2.33. The molecular formula is C11H15O. The molecule has 0 bridgehead atoms. The van der Waals surface area contributed by atoms with Crippen molar-refractivity contribution in [1.29, 1.82) is 0 Å². The molecule has 65 valence electrons. The zero-order valence-corrected chi connectivity index (χ0v) is 7.81. The molecule has 1 heteroatoms. The van der Waals surface area contributed by atoms with Crippen molar-refractivity contribution in [2.45, 2.75) is 39.5 Å². The lowest BCUT2D eigenvalue weighted by molar-refractivity contribution is -0.114. The summed E-state index contributed by atoms with van der Waals surface area (Å²) in [7, 11) is 0. The van der Waals surface area contributed by atoms with Crippen LogP contribution in [0.2, 0.25) is 0 Å². The molecule has 0 atom stereocenters. The van der Waals surface area contributed by atoms with Crippen LogP contribution < -0.4 is 0 Å². The van der Waals surface area contributed by atoms with Gasteiger partial charge in [-0.05, 0) is 30.9 Å². The van der Waals surface area contributed by atoms with Crippen molar-refractivity contribution < 1.29 is 4.79 Å². The Morgan fingerprint density at radius 2 is 2.33 bits per heavy atom. The van der Waals surface area contributed by atoms with Crippen LogP contribution in [-0.2, 0) is 4.79 Å². The number of rotatable bonds is 3. The number of unbranched alkanes of at least 4 members (excludes halogenated alkanes) is 1. The molecule has 1 rings (SSSR count). The van der Waals surface area contributed by atoms with Gasteiger partial charge in [-0.1, -0.05) is 19.4 Å². The van der Waals surface area contributed by atoms with E-state index >= 15 is 0 Å². The Hall–Kier alpha value is -0.850. The monoisotopic (exact) mass is 163 g/mol. The summed E-state index contributed by atoms with van der Waals surface area (Å²) in [5, 5.41) is 0. The highest BCUT2D eigenvalue weighted by Crippen LogP contribution is 2.20. The summed E-state index contributed by atoms with van der Waals surface area (Å²) >= 11 is 0. The van der Waals surface area contributed by atoms with Crippen molar-refractivity contribution in [2.24, 2.45) is 0 Å². The van der Waals surface area contributed by atoms with Crippen molar-refractivity contribution in [3.05, 3.63) is 23.3 Å². The molecule has 12 heavy (non-hydrogen) atoms. The molecule has 0 saturated heterocycles. The molecule has 0 saturated carbocycles. The Morgan fingerprint density at radius 3 is 2.92 bits per heavy atom. The Morgan fingerprint density at radius 1 is 1.58 bits per heavy atom. The van der Waals surface area contributed by atoms with Crippen LogP contribution in [0.1, 0.15) is 39.5 Å². The summed E-state index contributed by atoms with van der Waals surface area (Å²) in [4.78, 5) is 10.9. The second-order valence-electron chi connectivity index (χ2n) is 3.21. The van der Waals surface area contributed by atoms with Gasteiger partial charge in [-0.2, -0.15) is 0 Å². The zero-order valence-electron chi connectivity index (χ0n) is 7.81. The van der Waals surface area contributed by atoms with Crippen molar-refractivity contribution in [1.82, 2.24) is 0 Å². The lowest BCUT2D eigenvalue weighted by Crippen LogP contribution is -2.01. The van der Waals surface area contributed by atoms with Gasteiger partial charge in [0.25, 0.3) is 0 Å². The van der Waals surface area contributed by atoms with E-state index in [0.717, 1.165) is 12.0 Å². The number of allylic oxidation sites excluding steroid dienone is 4. The molecule has 1 radical (unpaired) electrons. The Kier molecular flexibility index (Phi) is 3.27. The maximum absolute atomic E-state index is 10.9. The van der Waals surface area contributed by atoms with Gasteiger partial charge < -0.3 is 0 Å². The summed E-state index contributed by atoms with van der Waals surface area (Å²) in [5.41, 5.74) is 2.36. The van der Waals surface area contributed by atoms with Gasteiger partial charge in [0.15, 0.2) is 5.78 Å². The molecule has 1 nitrogen and oxygen atoms in total. The first-order valence-electron chi connectivity index (χ1n) is 4.57. The molecule has 0 aliphatic heterocycles. The van der Waals surface area contributed by atoms with Crippen LogP contribution in [0.5, 0.6) is 0 Å². The average Bonchev–Trinajstić information content (AvgIpc) is 2.03. The largest absolute Gasteiger partial charge is 0.294 e. The minimum absolute atomic E-state index is 0.118. The minimum atomic E-state index is 0.118. The first kappa shape index (κ1) is 9.24. The van der Waals surface area contributed by atoms with Crippen LogP contribution in [0, 0.1) is 6.08 Å². The predicted octanol–water partition coefficient (Wildman–Crippen LogP) is 2.83. The predicted molar refractivity (Wildman–Crippen MR) is 49.7 cm³/mol. The van der Waals surface area contributed by atoms with Gasteiger partial charge >= 0.3 is 0 Å². The molecule has 0 unspecified atom stereocenters. The fourth-order valence-corrected chi connectivity index (χ4v) is 1.37. The number of hydrogen-bond acceptors (Lipinski definition) is 1. The highest BCUT2D eigenvalue weighted by molar-refractivity contribution is 5.89. The molecular weight excluding hydrogens is 148 g/mol. The van der Waals surface area contributed by atoms with Gasteiger partial charge in [0.2, 0.25) is 0 Å². The fourth-order valence-electron chi connectivity index (χ4n) is 1.37. The van der Waals surface area contributed by atoms with E-state index in [4.69, 9.17) is 0 Å². The first-order valence-corrected chi connectivity index (χ1v) is 4.57. The third-order valence-electron chi connectivity index (χ3n) is 2.14. The quantitative estimate of drug-likeness (QED) is 0.625. The fraction of sp³-hybridized carbons (Fsp3) is 0.545. The summed E-state index contributed by atoms with van der Waals surface area (Å²) in [5.74, 6) is 0.118. The van der Waals surface area contributed by atoms with E-state index in [0.29, 0.717) is 6.42 Å². The van der Waals surface area contributed by atoms with E-state index in [1.165, 1.54) is 18.4 Å². The molecule has 0 aromatic heterocycles. The molecule has 0 N–H and O–H groups in total. The highest BCUT2D eigenvalue weighted by Gasteiger charge is 2.08. The van der Waals surface area contributed by atoms with Gasteiger partial charge in [-0.15, -0.1) is 0 Å². The average molecular weight is 163 g/mol. The zero-order chi connectivity index (χ0) is 8.97. The van der Waals surface area contributed by atoms with Crippen molar-refractivity contribution >= 4 is 5.78 Å². The van der Waals surface area contributed by atoms with Crippen LogP contribution in [0.3, 0.4) is 0 Å². The normalized spacial score (nSPS) is 17.3. The van der Waals surface area contributed by atoms with Crippen molar-refractivity contribution in [2.75, 3.05) is 0 Å². The maximum Gasteiger partial charge on any atom is 0.167 e. The Balaban J connectivity index is 2.55. The minimum Gasteiger partial charge on any atom is -0.294 e. The van der Waals surface area contributed by atoms with E-state index < -0.39 is 0 Å². The van der Waals surface area contributed by atoms with Crippen LogP contribution in [0.4, 0.5) is 0 Å². The molecule has 0 aromatic carbocycles. The van der Waals surface area contributed by atoms with E-state index in [9.17, 15) is 4.79 Å². The molecule has 0 fully saturated rings. The number of carbonyl (C=O) groups excluding carboxylic acids is 1. The molecule has 1 aliphatic rings. The van der Waals surface area contributed by atoms with E-state index in [-0.39, 0.29) is 5.78 Å². The summed E-state index contributed by atoms with van der Waals surface area (Å²) in [6, 6.07) is 0. The standard InChI is InChI=1S/C11H15O/c1-3-4-5-10-6-7-11(12)8-9(10)2/h6H,3-5,7H2,1-2H3. The topological polar surface area (TPSA) is 17.1 Å². The van der Waals surface area contributed by atoms with Crippen LogP contribution in [0.15, 0.2) is 17.2 Å². The van der Waals surface area contributed by atoms with Gasteiger partial charge in [-0.3, -0.25) is 4.79 Å². The number of ketones is 1. The Labute approximate surface area is 74.2 Å². The first-order chi connectivity index (χ1) is 5.74. The number of Topliss-reactive ketones (excluding diaryl/α,β-unsaturated/α-hetero) is 1. The van der Waals surface area contributed by atoms with Gasteiger partial charge in [0, 0.05) is 12.5 Å². The summed E-state index contributed by atoms with van der Waals surface area (Å²) in [6.45, 7) is 4.15. The van der Waals surface area contributed by atoms with Crippen LogP contribution >= 0.6 is 0 Å². The maximum atomic E-state index is 10.9. The van der Waals surface area contributed by atoms with E-state index in [2.05, 4.69) is 13.0 Å². The SMILES string of the molecule is CCCCC1=CCC(=O)[C]=C1C. The van der Waals surface area contributed by atoms with Gasteiger partial charge in [-0.25, -0.2) is 0 Å². The second-order valence-corrected chi connectivity index (χ2v) is 3.21. The molecule has 1 aliphatic carbocycles. The Bertz CT molecular complexity index is 233. The van der Waals surface area contributed by atoms with Gasteiger partial charge in [0.1, 0.15) is 0 Å². The molecule has 0 heterocycles. The van der Waals surface area contributed by atoms with Crippen molar-refractivity contribution in [3.8, 4) is 0 Å². The summed E-state index contributed by atoms with van der Waals surface area (Å²) < 4.78 is 0. The summed E-state index contributed by atoms with van der Waals surface area (Å²) in [6.07, 6.45) is 8.96. The molecule has 0 spiro atoms. The third-order valence-corrected chi connectivity index (χ3v) is 2.14. The number of hydrogen-bond donors (Lipinski definition) is 0. The molecule has 0 amide bonds. The highest BCUT2D eigenvalue weighted by atomic mass is 16.1. The van der Waals surface area contributed by atoms with Gasteiger partial charge in [0.05, 0.1) is 0 Å². The smallest absolute Gasteiger partial charge is 0.167 e. The lowest BCUT2D eigenvalue weighted by atomic mass is 9.94. The number of carbonyl (C=O) groups is 1. The molecule has 0 aromatic rings. The lowest BCUT2D eigenvalue weighted by Gasteiger charge is -2.10. The van der Waals surface area contributed by atoms with Crippen LogP contribution in [-0.4, -0.2) is 5.78 Å². The van der Waals surface area contributed by atoms with Crippen molar-refractivity contribution in [3.63, 3.8) is 0 Å². The van der Waals surface area contributed by atoms with E-state index in [1.807, 2.05) is 13.0 Å². The second kappa shape index (κ2) is 4.24. The van der Waals surface area contributed by atoms with E-state index in [1.54, 1.807) is 0 Å².